The van der Waals surface area contributed by atoms with Gasteiger partial charge in [-0.2, -0.15) is 0 Å². The second-order valence-electron chi connectivity index (χ2n) is 3.42. The SMILES string of the molecule is CC1C(N)CC(N)CC1N. The van der Waals surface area contributed by atoms with Crippen LogP contribution in [0.4, 0.5) is 0 Å². The summed E-state index contributed by atoms with van der Waals surface area (Å²) < 4.78 is 0. The highest BCUT2D eigenvalue weighted by Crippen LogP contribution is 2.20. The van der Waals surface area contributed by atoms with Gasteiger partial charge >= 0.3 is 0 Å². The molecule has 3 heteroatoms. The first kappa shape index (κ1) is 7.98. The first-order valence-electron chi connectivity index (χ1n) is 3.88. The van der Waals surface area contributed by atoms with E-state index < -0.39 is 0 Å². The lowest BCUT2D eigenvalue weighted by Crippen LogP contribution is -2.51. The van der Waals surface area contributed by atoms with Gasteiger partial charge in [-0.05, 0) is 18.8 Å². The van der Waals surface area contributed by atoms with Gasteiger partial charge in [-0.25, -0.2) is 0 Å². The Bertz CT molecular complexity index is 103. The summed E-state index contributed by atoms with van der Waals surface area (Å²) in [6.45, 7) is 2.10. The predicted octanol–water partition coefficient (Wildman–Crippen LogP) is -0.602. The zero-order valence-electron chi connectivity index (χ0n) is 6.46. The highest BCUT2D eigenvalue weighted by Gasteiger charge is 2.28. The molecule has 0 radical (unpaired) electrons. The standard InChI is InChI=1S/C7H17N3/c1-4-6(9)2-5(8)3-7(4)10/h4-7H,2-3,8-10H2,1H3. The van der Waals surface area contributed by atoms with Gasteiger partial charge in [0.05, 0.1) is 0 Å². The molecule has 0 aromatic carbocycles. The van der Waals surface area contributed by atoms with Crippen molar-refractivity contribution in [1.29, 1.82) is 0 Å². The minimum absolute atomic E-state index is 0.207. The zero-order chi connectivity index (χ0) is 7.72. The maximum Gasteiger partial charge on any atom is 0.00940 e. The minimum atomic E-state index is 0.207. The fourth-order valence-corrected chi connectivity index (χ4v) is 1.54. The number of rotatable bonds is 0. The summed E-state index contributed by atoms with van der Waals surface area (Å²) in [5.74, 6) is 0.430. The smallest absolute Gasteiger partial charge is 0.00940 e. The number of hydrogen-bond donors (Lipinski definition) is 3. The molecule has 0 spiro atoms. The lowest BCUT2D eigenvalue weighted by molar-refractivity contribution is 0.261. The van der Waals surface area contributed by atoms with E-state index in [4.69, 9.17) is 17.2 Å². The molecule has 1 fully saturated rings. The first-order chi connectivity index (χ1) is 4.61. The molecule has 1 saturated carbocycles. The van der Waals surface area contributed by atoms with Crippen molar-refractivity contribution < 1.29 is 0 Å². The molecule has 6 N–H and O–H groups in total. The second kappa shape index (κ2) is 2.86. The topological polar surface area (TPSA) is 78.1 Å². The van der Waals surface area contributed by atoms with Crippen LogP contribution in [0.2, 0.25) is 0 Å². The van der Waals surface area contributed by atoms with Gasteiger partial charge in [0.15, 0.2) is 0 Å². The van der Waals surface area contributed by atoms with Crippen molar-refractivity contribution in [2.45, 2.75) is 37.9 Å². The van der Waals surface area contributed by atoms with Crippen LogP contribution in [0.3, 0.4) is 0 Å². The van der Waals surface area contributed by atoms with E-state index in [1.54, 1.807) is 0 Å². The van der Waals surface area contributed by atoms with E-state index in [9.17, 15) is 0 Å². The summed E-state index contributed by atoms with van der Waals surface area (Å²) in [6, 6.07) is 0.638. The van der Waals surface area contributed by atoms with E-state index in [0.29, 0.717) is 5.92 Å². The zero-order valence-corrected chi connectivity index (χ0v) is 6.46. The maximum absolute atomic E-state index is 5.80. The normalized spacial score (nSPS) is 49.2. The van der Waals surface area contributed by atoms with Crippen LogP contribution in [0.15, 0.2) is 0 Å². The van der Waals surface area contributed by atoms with Crippen LogP contribution in [0.25, 0.3) is 0 Å². The molecule has 0 aliphatic heterocycles. The molecule has 10 heavy (non-hydrogen) atoms. The monoisotopic (exact) mass is 143 g/mol. The molecule has 0 aromatic rings. The average molecular weight is 143 g/mol. The van der Waals surface area contributed by atoms with Crippen molar-refractivity contribution >= 4 is 0 Å². The van der Waals surface area contributed by atoms with Gasteiger partial charge in [-0.1, -0.05) is 6.92 Å². The Labute approximate surface area is 61.9 Å². The fourth-order valence-electron chi connectivity index (χ4n) is 1.54. The average Bonchev–Trinajstić information content (AvgIpc) is 1.82. The molecule has 1 aliphatic rings. The van der Waals surface area contributed by atoms with Crippen molar-refractivity contribution in [3.8, 4) is 0 Å². The van der Waals surface area contributed by atoms with E-state index in [1.165, 1.54) is 0 Å². The van der Waals surface area contributed by atoms with Crippen LogP contribution >= 0.6 is 0 Å². The second-order valence-corrected chi connectivity index (χ2v) is 3.42. The van der Waals surface area contributed by atoms with Crippen LogP contribution in [-0.2, 0) is 0 Å². The lowest BCUT2D eigenvalue weighted by atomic mass is 9.80. The Kier molecular flexibility index (Phi) is 2.28. The van der Waals surface area contributed by atoms with E-state index in [2.05, 4.69) is 6.92 Å². The summed E-state index contributed by atoms with van der Waals surface area (Å²) in [4.78, 5) is 0. The van der Waals surface area contributed by atoms with Crippen molar-refractivity contribution in [2.75, 3.05) is 0 Å². The first-order valence-corrected chi connectivity index (χ1v) is 3.88. The molecular weight excluding hydrogens is 126 g/mol. The van der Waals surface area contributed by atoms with Gasteiger partial charge in [-0.15, -0.1) is 0 Å². The van der Waals surface area contributed by atoms with E-state index in [1.807, 2.05) is 0 Å². The molecule has 0 heterocycles. The third kappa shape index (κ3) is 1.48. The van der Waals surface area contributed by atoms with E-state index in [0.717, 1.165) is 12.8 Å². The molecule has 1 aliphatic carbocycles. The summed E-state index contributed by atoms with van der Waals surface area (Å²) in [5, 5.41) is 0. The van der Waals surface area contributed by atoms with E-state index in [-0.39, 0.29) is 18.1 Å². The molecule has 0 bridgehead atoms. The Hall–Kier alpha value is -0.120. The molecule has 60 valence electrons. The predicted molar refractivity (Wildman–Crippen MR) is 42.3 cm³/mol. The van der Waals surface area contributed by atoms with Gasteiger partial charge in [0.25, 0.3) is 0 Å². The largest absolute Gasteiger partial charge is 0.328 e. The van der Waals surface area contributed by atoms with Crippen LogP contribution in [0.1, 0.15) is 19.8 Å². The summed E-state index contributed by atoms with van der Waals surface area (Å²) in [5.41, 5.74) is 17.3. The quantitative estimate of drug-likeness (QED) is 0.423. The number of hydrogen-bond acceptors (Lipinski definition) is 3. The van der Waals surface area contributed by atoms with Crippen LogP contribution in [0.5, 0.6) is 0 Å². The van der Waals surface area contributed by atoms with Gasteiger partial charge < -0.3 is 17.2 Å². The Morgan fingerprint density at radius 1 is 1.00 bits per heavy atom. The molecule has 0 saturated heterocycles. The molecule has 0 amide bonds. The molecule has 2 atom stereocenters. The lowest BCUT2D eigenvalue weighted by Gasteiger charge is -2.34. The highest BCUT2D eigenvalue weighted by atomic mass is 14.8. The third-order valence-corrected chi connectivity index (χ3v) is 2.50. The van der Waals surface area contributed by atoms with Gasteiger partial charge in [-0.3, -0.25) is 0 Å². The molecule has 0 aromatic heterocycles. The summed E-state index contributed by atoms with van der Waals surface area (Å²) in [7, 11) is 0. The summed E-state index contributed by atoms with van der Waals surface area (Å²) in [6.07, 6.45) is 1.85. The van der Waals surface area contributed by atoms with Gasteiger partial charge in [0.2, 0.25) is 0 Å². The van der Waals surface area contributed by atoms with Crippen molar-refractivity contribution in [3.05, 3.63) is 0 Å². The maximum atomic E-state index is 5.80. The minimum Gasteiger partial charge on any atom is -0.328 e. The van der Waals surface area contributed by atoms with Gasteiger partial charge in [0.1, 0.15) is 0 Å². The third-order valence-electron chi connectivity index (χ3n) is 2.50. The van der Waals surface area contributed by atoms with Crippen LogP contribution in [-0.4, -0.2) is 18.1 Å². The van der Waals surface area contributed by atoms with Crippen molar-refractivity contribution in [2.24, 2.45) is 23.1 Å². The Morgan fingerprint density at radius 3 is 1.80 bits per heavy atom. The Balaban J connectivity index is 2.49. The molecule has 2 unspecified atom stereocenters. The van der Waals surface area contributed by atoms with Crippen molar-refractivity contribution in [3.63, 3.8) is 0 Å². The van der Waals surface area contributed by atoms with Crippen molar-refractivity contribution in [1.82, 2.24) is 0 Å². The highest BCUT2D eigenvalue weighted by molar-refractivity contribution is 4.89. The summed E-state index contributed by atoms with van der Waals surface area (Å²) >= 11 is 0. The number of nitrogens with two attached hydrogens (primary N) is 3. The van der Waals surface area contributed by atoms with E-state index >= 15 is 0 Å². The molecule has 3 nitrogen and oxygen atoms in total. The fraction of sp³-hybridized carbons (Fsp3) is 1.00. The molecule has 1 rings (SSSR count). The van der Waals surface area contributed by atoms with Crippen LogP contribution < -0.4 is 17.2 Å². The Morgan fingerprint density at radius 2 is 1.40 bits per heavy atom. The van der Waals surface area contributed by atoms with Crippen LogP contribution in [0, 0.1) is 5.92 Å². The van der Waals surface area contributed by atoms with Gasteiger partial charge in [0, 0.05) is 18.1 Å². The molecular formula is C7H17N3.